The molecule has 2 heterocycles. The van der Waals surface area contributed by atoms with Crippen molar-refractivity contribution in [2.75, 3.05) is 20.2 Å². The molecule has 1 aromatic heterocycles. The molecule has 1 aliphatic heterocycles. The van der Waals surface area contributed by atoms with Gasteiger partial charge in [0.2, 0.25) is 0 Å². The minimum Gasteiger partial charge on any atom is -0.497 e. The van der Waals surface area contributed by atoms with E-state index in [1.807, 2.05) is 34.5 Å². The number of thiazole rings is 1. The average Bonchev–Trinajstić information content (AvgIpc) is 3.11. The quantitative estimate of drug-likeness (QED) is 0.925. The third kappa shape index (κ3) is 3.30. The zero-order valence-electron chi connectivity index (χ0n) is 14.1. The van der Waals surface area contributed by atoms with Gasteiger partial charge in [-0.25, -0.2) is 4.98 Å². The molecule has 2 aromatic rings. The van der Waals surface area contributed by atoms with Crippen molar-refractivity contribution < 1.29 is 9.53 Å². The van der Waals surface area contributed by atoms with Gasteiger partial charge in [0.15, 0.2) is 0 Å². The third-order valence-electron chi connectivity index (χ3n) is 4.68. The Morgan fingerprint density at radius 2 is 2.17 bits per heavy atom. The van der Waals surface area contributed by atoms with E-state index in [1.165, 1.54) is 11.3 Å². The molecule has 0 radical (unpaired) electrons. The van der Waals surface area contributed by atoms with E-state index in [4.69, 9.17) is 10.5 Å². The van der Waals surface area contributed by atoms with Gasteiger partial charge in [0, 0.05) is 30.1 Å². The fourth-order valence-electron chi connectivity index (χ4n) is 3.25. The predicted octanol–water partition coefficient (Wildman–Crippen LogP) is 3.02. The number of hydrogen-bond acceptors (Lipinski definition) is 5. The highest BCUT2D eigenvalue weighted by molar-refractivity contribution is 7.13. The maximum Gasteiger partial charge on any atom is 0.273 e. The van der Waals surface area contributed by atoms with Crippen molar-refractivity contribution in [2.45, 2.75) is 25.8 Å². The van der Waals surface area contributed by atoms with Crippen molar-refractivity contribution in [2.24, 2.45) is 11.7 Å². The van der Waals surface area contributed by atoms with Crippen LogP contribution < -0.4 is 10.5 Å². The van der Waals surface area contributed by atoms with Crippen LogP contribution >= 0.6 is 11.3 Å². The van der Waals surface area contributed by atoms with Gasteiger partial charge in [0.1, 0.15) is 16.5 Å². The van der Waals surface area contributed by atoms with Crippen LogP contribution in [0.15, 0.2) is 29.6 Å². The Balaban J connectivity index is 1.80. The van der Waals surface area contributed by atoms with Crippen molar-refractivity contribution in [1.82, 2.24) is 9.88 Å². The van der Waals surface area contributed by atoms with Crippen LogP contribution in [0, 0.1) is 5.92 Å². The van der Waals surface area contributed by atoms with Gasteiger partial charge < -0.3 is 15.4 Å². The van der Waals surface area contributed by atoms with Crippen LogP contribution in [0.25, 0.3) is 10.6 Å². The van der Waals surface area contributed by atoms with Gasteiger partial charge in [-0.3, -0.25) is 4.79 Å². The largest absolute Gasteiger partial charge is 0.497 e. The molecule has 24 heavy (non-hydrogen) atoms. The molecule has 6 heteroatoms. The third-order valence-corrected chi connectivity index (χ3v) is 5.57. The molecule has 1 aliphatic rings. The standard InChI is InChI=1S/C18H23N3O2S/c1-12-4-3-9-21(16(12)10-19)18(22)15-11-24-17(20-15)13-5-7-14(23-2)8-6-13/h5-8,11-12,16H,3-4,9-10,19H2,1-2H3/t12-,16-/m0/s1. The second kappa shape index (κ2) is 7.32. The first kappa shape index (κ1) is 16.9. The summed E-state index contributed by atoms with van der Waals surface area (Å²) in [5.41, 5.74) is 7.40. The molecule has 1 saturated heterocycles. The Hall–Kier alpha value is -1.92. The lowest BCUT2D eigenvalue weighted by Gasteiger charge is -2.39. The molecule has 5 nitrogen and oxygen atoms in total. The van der Waals surface area contributed by atoms with Crippen LogP contribution in [0.2, 0.25) is 0 Å². The van der Waals surface area contributed by atoms with E-state index in [0.29, 0.717) is 18.2 Å². The Kier molecular flexibility index (Phi) is 5.16. The number of rotatable bonds is 4. The van der Waals surface area contributed by atoms with Crippen molar-refractivity contribution in [1.29, 1.82) is 0 Å². The Morgan fingerprint density at radius 1 is 1.42 bits per heavy atom. The fraction of sp³-hybridized carbons (Fsp3) is 0.444. The number of piperidine rings is 1. The molecule has 0 spiro atoms. The van der Waals surface area contributed by atoms with Crippen molar-refractivity contribution in [3.63, 3.8) is 0 Å². The first-order valence-corrected chi connectivity index (χ1v) is 9.13. The highest BCUT2D eigenvalue weighted by Gasteiger charge is 2.32. The summed E-state index contributed by atoms with van der Waals surface area (Å²) in [6.07, 6.45) is 2.15. The molecular formula is C18H23N3O2S. The van der Waals surface area contributed by atoms with Crippen LogP contribution in [0.1, 0.15) is 30.3 Å². The van der Waals surface area contributed by atoms with E-state index >= 15 is 0 Å². The minimum atomic E-state index is -0.00647. The summed E-state index contributed by atoms with van der Waals surface area (Å²) >= 11 is 1.49. The van der Waals surface area contributed by atoms with Crippen LogP contribution in [0.4, 0.5) is 0 Å². The molecule has 128 valence electrons. The molecule has 2 atom stereocenters. The Bertz CT molecular complexity index is 699. The summed E-state index contributed by atoms with van der Waals surface area (Å²) in [5.74, 6) is 1.24. The topological polar surface area (TPSA) is 68.5 Å². The number of aromatic nitrogens is 1. The summed E-state index contributed by atoms with van der Waals surface area (Å²) < 4.78 is 5.17. The minimum absolute atomic E-state index is 0.00647. The van der Waals surface area contributed by atoms with Crippen LogP contribution in [0.3, 0.4) is 0 Å². The number of benzene rings is 1. The summed E-state index contributed by atoms with van der Waals surface area (Å²) in [6.45, 7) is 3.43. The molecule has 0 unspecified atom stereocenters. The molecule has 0 aliphatic carbocycles. The smallest absolute Gasteiger partial charge is 0.273 e. The molecular weight excluding hydrogens is 322 g/mol. The first-order chi connectivity index (χ1) is 11.6. The molecule has 3 rings (SSSR count). The van der Waals surface area contributed by atoms with Gasteiger partial charge in [-0.1, -0.05) is 6.92 Å². The Morgan fingerprint density at radius 3 is 2.83 bits per heavy atom. The fourth-order valence-corrected chi connectivity index (χ4v) is 4.05. The van der Waals surface area contributed by atoms with Gasteiger partial charge in [-0.15, -0.1) is 11.3 Å². The number of amides is 1. The normalized spacial score (nSPS) is 20.9. The number of hydrogen-bond donors (Lipinski definition) is 1. The summed E-state index contributed by atoms with van der Waals surface area (Å²) in [4.78, 5) is 19.3. The van der Waals surface area contributed by atoms with E-state index in [-0.39, 0.29) is 11.9 Å². The van der Waals surface area contributed by atoms with E-state index < -0.39 is 0 Å². The van der Waals surface area contributed by atoms with Crippen molar-refractivity contribution >= 4 is 17.2 Å². The van der Waals surface area contributed by atoms with E-state index in [9.17, 15) is 4.79 Å². The number of nitrogens with two attached hydrogens (primary N) is 1. The lowest BCUT2D eigenvalue weighted by molar-refractivity contribution is 0.0527. The highest BCUT2D eigenvalue weighted by atomic mass is 32.1. The monoisotopic (exact) mass is 345 g/mol. The Labute approximate surface area is 146 Å². The van der Waals surface area contributed by atoms with Crippen molar-refractivity contribution in [3.05, 3.63) is 35.3 Å². The number of likely N-dealkylation sites (tertiary alicyclic amines) is 1. The van der Waals surface area contributed by atoms with Crippen LogP contribution in [-0.2, 0) is 0 Å². The SMILES string of the molecule is COc1ccc(-c2nc(C(=O)N3CCC[C@H](C)[C@@H]3CN)cs2)cc1. The van der Waals surface area contributed by atoms with Gasteiger partial charge in [0.05, 0.1) is 7.11 Å². The van der Waals surface area contributed by atoms with Crippen LogP contribution in [-0.4, -0.2) is 42.0 Å². The summed E-state index contributed by atoms with van der Waals surface area (Å²) in [7, 11) is 1.64. The lowest BCUT2D eigenvalue weighted by atomic mass is 9.90. The molecule has 0 bridgehead atoms. The van der Waals surface area contributed by atoms with E-state index in [0.717, 1.165) is 35.7 Å². The highest BCUT2D eigenvalue weighted by Crippen LogP contribution is 2.28. The van der Waals surface area contributed by atoms with E-state index in [2.05, 4.69) is 11.9 Å². The second-order valence-corrected chi connectivity index (χ2v) is 7.05. The van der Waals surface area contributed by atoms with Crippen molar-refractivity contribution in [3.8, 4) is 16.3 Å². The maximum absolute atomic E-state index is 12.9. The first-order valence-electron chi connectivity index (χ1n) is 8.25. The number of carbonyl (C=O) groups is 1. The summed E-state index contributed by atoms with van der Waals surface area (Å²) in [6, 6.07) is 7.82. The molecule has 1 aromatic carbocycles. The zero-order chi connectivity index (χ0) is 17.1. The van der Waals surface area contributed by atoms with Gasteiger partial charge in [-0.2, -0.15) is 0 Å². The molecule has 1 amide bonds. The lowest BCUT2D eigenvalue weighted by Crippen LogP contribution is -2.51. The zero-order valence-corrected chi connectivity index (χ0v) is 14.9. The molecule has 1 fully saturated rings. The van der Waals surface area contributed by atoms with Gasteiger partial charge >= 0.3 is 0 Å². The number of ether oxygens (including phenoxy) is 1. The molecule has 2 N–H and O–H groups in total. The second-order valence-electron chi connectivity index (χ2n) is 6.19. The maximum atomic E-state index is 12.9. The van der Waals surface area contributed by atoms with E-state index in [1.54, 1.807) is 7.11 Å². The predicted molar refractivity (Wildman–Crippen MR) is 96.4 cm³/mol. The van der Waals surface area contributed by atoms with Gasteiger partial charge in [0.25, 0.3) is 5.91 Å². The summed E-state index contributed by atoms with van der Waals surface area (Å²) in [5, 5.41) is 2.68. The number of methoxy groups -OCH3 is 1. The number of nitrogens with zero attached hydrogens (tertiary/aromatic N) is 2. The average molecular weight is 345 g/mol. The number of carbonyl (C=O) groups excluding carboxylic acids is 1. The van der Waals surface area contributed by atoms with Gasteiger partial charge in [-0.05, 0) is 43.0 Å². The van der Waals surface area contributed by atoms with Crippen LogP contribution in [0.5, 0.6) is 5.75 Å². The molecule has 0 saturated carbocycles.